The van der Waals surface area contributed by atoms with E-state index in [2.05, 4.69) is 24.9 Å². The zero-order valence-corrected chi connectivity index (χ0v) is 15.1. The fraction of sp³-hybridized carbons (Fsp3) is 0.412. The van der Waals surface area contributed by atoms with Gasteiger partial charge in [0, 0.05) is 29.7 Å². The lowest BCUT2D eigenvalue weighted by molar-refractivity contribution is -0.384. The van der Waals surface area contributed by atoms with Crippen LogP contribution in [0.15, 0.2) is 33.9 Å². The van der Waals surface area contributed by atoms with Gasteiger partial charge in [-0.2, -0.15) is 4.98 Å². The van der Waals surface area contributed by atoms with Gasteiger partial charge in [0.05, 0.1) is 10.7 Å². The second kappa shape index (κ2) is 6.45. The molecular weight excluding hydrogens is 368 g/mol. The zero-order valence-electron chi connectivity index (χ0n) is 14.3. The molecule has 3 aromatic rings. The van der Waals surface area contributed by atoms with Crippen LogP contribution in [-0.4, -0.2) is 29.8 Å². The first-order chi connectivity index (χ1) is 13.2. The van der Waals surface area contributed by atoms with Crippen molar-refractivity contribution in [3.05, 3.63) is 46.1 Å². The smallest absolute Gasteiger partial charge is 0.269 e. The first kappa shape index (κ1) is 16.4. The van der Waals surface area contributed by atoms with Crippen molar-refractivity contribution in [3.63, 3.8) is 0 Å². The third kappa shape index (κ3) is 3.32. The molecule has 0 N–H and O–H groups in total. The standard InChI is InChI=1S/C17H16N6O3S/c24-23(25)13-5-3-10(4-6-13)15-18-14(26-21-15)9-27-17-20-19-16(11-1-2-11)22(17)12-7-8-12/h3-6,11-12H,1-2,7-9H2. The highest BCUT2D eigenvalue weighted by molar-refractivity contribution is 7.98. The minimum absolute atomic E-state index is 0.0314. The Bertz CT molecular complexity index is 991. The second-order valence-electron chi connectivity index (χ2n) is 6.82. The molecule has 0 saturated heterocycles. The second-order valence-corrected chi connectivity index (χ2v) is 7.76. The number of rotatable bonds is 7. The average molecular weight is 384 g/mol. The predicted octanol–water partition coefficient (Wildman–Crippen LogP) is 3.74. The molecule has 0 atom stereocenters. The SMILES string of the molecule is O=[N+]([O-])c1ccc(-c2noc(CSc3nnc(C4CC4)n3C3CC3)n2)cc1. The minimum Gasteiger partial charge on any atom is -0.338 e. The van der Waals surface area contributed by atoms with Gasteiger partial charge in [0.25, 0.3) is 5.69 Å². The van der Waals surface area contributed by atoms with Crippen molar-refractivity contribution in [2.75, 3.05) is 0 Å². The van der Waals surface area contributed by atoms with Crippen molar-refractivity contribution in [2.45, 2.75) is 48.6 Å². The summed E-state index contributed by atoms with van der Waals surface area (Å²) in [6.45, 7) is 0. The van der Waals surface area contributed by atoms with Gasteiger partial charge in [-0.3, -0.25) is 10.1 Å². The van der Waals surface area contributed by atoms with Gasteiger partial charge in [0.1, 0.15) is 5.82 Å². The third-order valence-electron chi connectivity index (χ3n) is 4.67. The Hall–Kier alpha value is -2.75. The van der Waals surface area contributed by atoms with Crippen LogP contribution >= 0.6 is 11.8 Å². The van der Waals surface area contributed by atoms with Gasteiger partial charge in [-0.1, -0.05) is 16.9 Å². The molecule has 2 aromatic heterocycles. The summed E-state index contributed by atoms with van der Waals surface area (Å²) in [5.74, 6) is 3.12. The van der Waals surface area contributed by atoms with Crippen LogP contribution < -0.4 is 0 Å². The largest absolute Gasteiger partial charge is 0.338 e. The van der Waals surface area contributed by atoms with Crippen molar-refractivity contribution in [2.24, 2.45) is 0 Å². The minimum atomic E-state index is -0.437. The van der Waals surface area contributed by atoms with Gasteiger partial charge in [0.2, 0.25) is 11.7 Å². The van der Waals surface area contributed by atoms with E-state index in [4.69, 9.17) is 4.52 Å². The summed E-state index contributed by atoms with van der Waals surface area (Å²) in [5, 5.41) is 24.4. The number of thioether (sulfide) groups is 1. The monoisotopic (exact) mass is 384 g/mol. The first-order valence-corrected chi connectivity index (χ1v) is 9.82. The van der Waals surface area contributed by atoms with Crippen molar-refractivity contribution >= 4 is 17.4 Å². The highest BCUT2D eigenvalue weighted by Crippen LogP contribution is 2.46. The van der Waals surface area contributed by atoms with Crippen LogP contribution in [0.1, 0.15) is 49.4 Å². The van der Waals surface area contributed by atoms with E-state index in [0.29, 0.717) is 35.0 Å². The molecular formula is C17H16N6O3S. The molecule has 2 aliphatic rings. The Labute approximate surface area is 158 Å². The van der Waals surface area contributed by atoms with Gasteiger partial charge >= 0.3 is 0 Å². The van der Waals surface area contributed by atoms with E-state index in [1.165, 1.54) is 37.8 Å². The highest BCUT2D eigenvalue weighted by atomic mass is 32.2. The lowest BCUT2D eigenvalue weighted by Crippen LogP contribution is -2.01. The number of hydrogen-bond acceptors (Lipinski definition) is 8. The Balaban J connectivity index is 1.29. The van der Waals surface area contributed by atoms with Gasteiger partial charge in [-0.05, 0) is 37.8 Å². The van der Waals surface area contributed by atoms with Crippen LogP contribution in [0.2, 0.25) is 0 Å². The highest BCUT2D eigenvalue weighted by Gasteiger charge is 2.36. The Morgan fingerprint density at radius 1 is 1.19 bits per heavy atom. The topological polar surface area (TPSA) is 113 Å². The predicted molar refractivity (Wildman–Crippen MR) is 96.2 cm³/mol. The lowest BCUT2D eigenvalue weighted by atomic mass is 10.2. The maximum Gasteiger partial charge on any atom is 0.269 e. The quantitative estimate of drug-likeness (QED) is 0.344. The number of hydrogen-bond donors (Lipinski definition) is 0. The Kier molecular flexibility index (Phi) is 3.92. The van der Waals surface area contributed by atoms with E-state index >= 15 is 0 Å². The van der Waals surface area contributed by atoms with Gasteiger partial charge < -0.3 is 9.09 Å². The van der Waals surface area contributed by atoms with E-state index in [0.717, 1.165) is 11.0 Å². The molecule has 10 heteroatoms. The van der Waals surface area contributed by atoms with Crippen LogP contribution in [0.3, 0.4) is 0 Å². The summed E-state index contributed by atoms with van der Waals surface area (Å²) >= 11 is 1.55. The fourth-order valence-corrected chi connectivity index (χ4v) is 3.82. The molecule has 2 heterocycles. The molecule has 0 radical (unpaired) electrons. The van der Waals surface area contributed by atoms with Crippen molar-refractivity contribution in [3.8, 4) is 11.4 Å². The van der Waals surface area contributed by atoms with Crippen molar-refractivity contribution in [1.29, 1.82) is 0 Å². The number of nitrogens with zero attached hydrogens (tertiary/aromatic N) is 6. The molecule has 9 nitrogen and oxygen atoms in total. The molecule has 0 bridgehead atoms. The summed E-state index contributed by atoms with van der Waals surface area (Å²) in [4.78, 5) is 14.7. The molecule has 2 aliphatic carbocycles. The molecule has 2 saturated carbocycles. The van der Waals surface area contributed by atoms with Crippen LogP contribution in [0.5, 0.6) is 0 Å². The fourth-order valence-electron chi connectivity index (χ4n) is 2.97. The maximum absolute atomic E-state index is 10.7. The van der Waals surface area contributed by atoms with Crippen LogP contribution in [0, 0.1) is 10.1 Å². The van der Waals surface area contributed by atoms with E-state index in [1.807, 2.05) is 0 Å². The average Bonchev–Trinajstić information content (AvgIpc) is 3.61. The molecule has 138 valence electrons. The molecule has 2 fully saturated rings. The number of nitro benzene ring substituents is 1. The molecule has 0 amide bonds. The Morgan fingerprint density at radius 2 is 1.96 bits per heavy atom. The van der Waals surface area contributed by atoms with E-state index < -0.39 is 4.92 Å². The Morgan fingerprint density at radius 3 is 2.63 bits per heavy atom. The summed E-state index contributed by atoms with van der Waals surface area (Å²) < 4.78 is 7.62. The summed E-state index contributed by atoms with van der Waals surface area (Å²) in [7, 11) is 0. The van der Waals surface area contributed by atoms with Crippen LogP contribution in [0.4, 0.5) is 5.69 Å². The van der Waals surface area contributed by atoms with Crippen molar-refractivity contribution < 1.29 is 9.45 Å². The molecule has 0 aliphatic heterocycles. The van der Waals surface area contributed by atoms with Gasteiger partial charge in [0.15, 0.2) is 5.16 Å². The summed E-state index contributed by atoms with van der Waals surface area (Å²) in [6, 6.07) is 6.63. The van der Waals surface area contributed by atoms with Crippen LogP contribution in [-0.2, 0) is 5.75 Å². The van der Waals surface area contributed by atoms with Gasteiger partial charge in [-0.15, -0.1) is 10.2 Å². The number of benzene rings is 1. The zero-order chi connectivity index (χ0) is 18.4. The van der Waals surface area contributed by atoms with E-state index in [1.54, 1.807) is 23.9 Å². The number of non-ortho nitro benzene ring substituents is 1. The van der Waals surface area contributed by atoms with Gasteiger partial charge in [-0.25, -0.2) is 0 Å². The van der Waals surface area contributed by atoms with E-state index in [-0.39, 0.29) is 5.69 Å². The maximum atomic E-state index is 10.7. The molecule has 0 unspecified atom stereocenters. The molecule has 0 spiro atoms. The number of aromatic nitrogens is 5. The molecule has 1 aromatic carbocycles. The number of nitro groups is 1. The van der Waals surface area contributed by atoms with E-state index in [9.17, 15) is 10.1 Å². The lowest BCUT2D eigenvalue weighted by Gasteiger charge is -2.06. The summed E-state index contributed by atoms with van der Waals surface area (Å²) in [5.41, 5.74) is 0.710. The summed E-state index contributed by atoms with van der Waals surface area (Å²) in [6.07, 6.45) is 4.79. The molecule has 27 heavy (non-hydrogen) atoms. The third-order valence-corrected chi connectivity index (χ3v) is 5.60. The van der Waals surface area contributed by atoms with Crippen LogP contribution in [0.25, 0.3) is 11.4 Å². The molecule has 5 rings (SSSR count). The first-order valence-electron chi connectivity index (χ1n) is 8.84. The normalized spacial score (nSPS) is 16.6. The van der Waals surface area contributed by atoms with Crippen molar-refractivity contribution in [1.82, 2.24) is 24.9 Å².